The maximum atomic E-state index is 12.3. The number of carbonyl (C=O) groups excluding carboxylic acids is 2. The van der Waals surface area contributed by atoms with Crippen molar-refractivity contribution in [3.63, 3.8) is 0 Å². The van der Waals surface area contributed by atoms with Crippen molar-refractivity contribution in [2.75, 3.05) is 13.7 Å². The average molecular weight is 366 g/mol. The molecule has 0 aliphatic carbocycles. The highest BCUT2D eigenvalue weighted by Gasteiger charge is 2.36. The van der Waals surface area contributed by atoms with Crippen molar-refractivity contribution in [1.82, 2.24) is 10.2 Å². The van der Waals surface area contributed by atoms with E-state index in [9.17, 15) is 19.7 Å². The molecule has 1 atom stereocenters. The number of amides is 2. The first-order valence-corrected chi connectivity index (χ1v) is 7.61. The summed E-state index contributed by atoms with van der Waals surface area (Å²) >= 11 is 5.83. The highest BCUT2D eigenvalue weighted by molar-refractivity contribution is 6.32. The standard InChI is InChI=1S/C16H16ClN3O5/c1-4-7-19-9(2)13(15(21)25-3)14(18-16(19)22)10-5-6-11(17)12(8-10)20(23)24/h4-6,8,14H,1,7H2,2-3H3,(H,18,22)/t14-/m1/s1. The van der Waals surface area contributed by atoms with Crippen molar-refractivity contribution < 1.29 is 19.2 Å². The van der Waals surface area contributed by atoms with Crippen molar-refractivity contribution in [1.29, 1.82) is 0 Å². The molecule has 0 saturated heterocycles. The van der Waals surface area contributed by atoms with Crippen LogP contribution in [0.4, 0.5) is 10.5 Å². The third-order valence-corrected chi connectivity index (χ3v) is 4.13. The number of halogens is 1. The van der Waals surface area contributed by atoms with Crippen LogP contribution in [0.25, 0.3) is 0 Å². The fourth-order valence-corrected chi connectivity index (χ4v) is 2.79. The minimum Gasteiger partial charge on any atom is -0.466 e. The Labute approximate surface area is 148 Å². The molecule has 9 heteroatoms. The number of allylic oxidation sites excluding steroid dienone is 1. The summed E-state index contributed by atoms with van der Waals surface area (Å²) in [7, 11) is 1.22. The van der Waals surface area contributed by atoms with E-state index in [2.05, 4.69) is 11.9 Å². The smallest absolute Gasteiger partial charge is 0.337 e. The zero-order chi connectivity index (χ0) is 18.7. The molecule has 0 radical (unpaired) electrons. The Bertz CT molecular complexity index is 790. The molecule has 1 heterocycles. The van der Waals surface area contributed by atoms with Gasteiger partial charge in [0, 0.05) is 18.3 Å². The summed E-state index contributed by atoms with van der Waals surface area (Å²) < 4.78 is 4.81. The summed E-state index contributed by atoms with van der Waals surface area (Å²) in [6.45, 7) is 5.38. The molecular weight excluding hydrogens is 350 g/mol. The van der Waals surface area contributed by atoms with Gasteiger partial charge in [-0.3, -0.25) is 15.0 Å². The van der Waals surface area contributed by atoms with Crippen LogP contribution >= 0.6 is 11.6 Å². The van der Waals surface area contributed by atoms with Gasteiger partial charge in [0.2, 0.25) is 0 Å². The number of nitro benzene ring substituents is 1. The first-order valence-electron chi connectivity index (χ1n) is 7.23. The second kappa shape index (κ2) is 7.35. The van der Waals surface area contributed by atoms with Crippen molar-refractivity contribution in [3.8, 4) is 0 Å². The van der Waals surface area contributed by atoms with Crippen molar-refractivity contribution >= 4 is 29.3 Å². The van der Waals surface area contributed by atoms with E-state index < -0.39 is 23.0 Å². The predicted octanol–water partition coefficient (Wildman–Crippen LogP) is 2.95. The molecule has 1 aliphatic rings. The first-order chi connectivity index (χ1) is 11.8. The maximum absolute atomic E-state index is 12.3. The van der Waals surface area contributed by atoms with E-state index in [1.807, 2.05) is 0 Å². The number of ether oxygens (including phenoxy) is 1. The Hall–Kier alpha value is -2.87. The molecule has 1 aliphatic heterocycles. The van der Waals surface area contributed by atoms with Gasteiger partial charge < -0.3 is 10.1 Å². The van der Waals surface area contributed by atoms with Crippen LogP contribution in [-0.2, 0) is 9.53 Å². The lowest BCUT2D eigenvalue weighted by Gasteiger charge is -2.34. The summed E-state index contributed by atoms with van der Waals surface area (Å²) in [6, 6.07) is 2.75. The van der Waals surface area contributed by atoms with E-state index >= 15 is 0 Å². The van der Waals surface area contributed by atoms with Crippen LogP contribution < -0.4 is 5.32 Å². The molecule has 1 aromatic rings. The van der Waals surface area contributed by atoms with Crippen LogP contribution in [0.3, 0.4) is 0 Å². The Morgan fingerprint density at radius 1 is 1.56 bits per heavy atom. The summed E-state index contributed by atoms with van der Waals surface area (Å²) in [5.41, 5.74) is 0.602. The van der Waals surface area contributed by atoms with Gasteiger partial charge in [-0.15, -0.1) is 6.58 Å². The number of carbonyl (C=O) groups is 2. The van der Waals surface area contributed by atoms with Gasteiger partial charge in [0.1, 0.15) is 5.02 Å². The normalized spacial score (nSPS) is 17.2. The van der Waals surface area contributed by atoms with E-state index in [-0.39, 0.29) is 22.8 Å². The van der Waals surface area contributed by atoms with Crippen LogP contribution in [-0.4, -0.2) is 35.5 Å². The Balaban J connectivity index is 2.61. The molecule has 2 amide bonds. The largest absolute Gasteiger partial charge is 0.466 e. The summed E-state index contributed by atoms with van der Waals surface area (Å²) in [6.07, 6.45) is 1.52. The number of benzene rings is 1. The molecule has 2 rings (SSSR count). The number of hydrogen-bond acceptors (Lipinski definition) is 5. The fourth-order valence-electron chi connectivity index (χ4n) is 2.60. The molecule has 8 nitrogen and oxygen atoms in total. The first kappa shape index (κ1) is 18.5. The molecule has 0 fully saturated rings. The lowest BCUT2D eigenvalue weighted by Crippen LogP contribution is -2.48. The Morgan fingerprint density at radius 2 is 2.24 bits per heavy atom. The predicted molar refractivity (Wildman–Crippen MR) is 91.0 cm³/mol. The maximum Gasteiger partial charge on any atom is 0.337 e. The van der Waals surface area contributed by atoms with Crippen molar-refractivity contribution in [3.05, 3.63) is 62.8 Å². The van der Waals surface area contributed by atoms with Crippen LogP contribution in [0.2, 0.25) is 5.02 Å². The highest BCUT2D eigenvalue weighted by atomic mass is 35.5. The molecule has 1 aromatic carbocycles. The van der Waals surface area contributed by atoms with Crippen molar-refractivity contribution in [2.24, 2.45) is 0 Å². The number of urea groups is 1. The molecule has 0 spiro atoms. The number of esters is 1. The van der Waals surface area contributed by atoms with Gasteiger partial charge in [0.05, 0.1) is 23.6 Å². The minimum absolute atomic E-state index is 0.0375. The zero-order valence-electron chi connectivity index (χ0n) is 13.6. The van der Waals surface area contributed by atoms with Crippen LogP contribution in [0.1, 0.15) is 18.5 Å². The van der Waals surface area contributed by atoms with Gasteiger partial charge in [0.15, 0.2) is 0 Å². The topological polar surface area (TPSA) is 102 Å². The van der Waals surface area contributed by atoms with E-state index in [1.165, 1.54) is 36.3 Å². The molecule has 0 unspecified atom stereocenters. The van der Waals surface area contributed by atoms with Crippen molar-refractivity contribution in [2.45, 2.75) is 13.0 Å². The summed E-state index contributed by atoms with van der Waals surface area (Å²) in [5, 5.41) is 13.7. The van der Waals surface area contributed by atoms with Gasteiger partial charge in [0.25, 0.3) is 5.69 Å². The average Bonchev–Trinajstić information content (AvgIpc) is 2.57. The fraction of sp³-hybridized carbons (Fsp3) is 0.250. The molecule has 0 saturated carbocycles. The van der Waals surface area contributed by atoms with Crippen LogP contribution in [0, 0.1) is 10.1 Å². The SMILES string of the molecule is C=CCN1C(=O)N[C@H](c2ccc(Cl)c([N+](=O)[O-])c2)C(C(=O)OC)=C1C. The molecule has 25 heavy (non-hydrogen) atoms. The second-order valence-electron chi connectivity index (χ2n) is 5.24. The van der Waals surface area contributed by atoms with E-state index in [4.69, 9.17) is 16.3 Å². The number of hydrogen-bond donors (Lipinski definition) is 1. The summed E-state index contributed by atoms with van der Waals surface area (Å²) in [4.78, 5) is 36.4. The van der Waals surface area contributed by atoms with Gasteiger partial charge in [-0.25, -0.2) is 9.59 Å². The van der Waals surface area contributed by atoms with Gasteiger partial charge >= 0.3 is 12.0 Å². The number of nitrogens with zero attached hydrogens (tertiary/aromatic N) is 2. The van der Waals surface area contributed by atoms with E-state index in [1.54, 1.807) is 6.92 Å². The minimum atomic E-state index is -0.892. The van der Waals surface area contributed by atoms with Gasteiger partial charge in [-0.1, -0.05) is 23.7 Å². The highest BCUT2D eigenvalue weighted by Crippen LogP contribution is 2.34. The third kappa shape index (κ3) is 3.48. The molecule has 1 N–H and O–H groups in total. The monoisotopic (exact) mass is 365 g/mol. The second-order valence-corrected chi connectivity index (χ2v) is 5.65. The van der Waals surface area contributed by atoms with Crippen LogP contribution in [0.5, 0.6) is 0 Å². The van der Waals surface area contributed by atoms with E-state index in [0.29, 0.717) is 11.3 Å². The quantitative estimate of drug-likeness (QED) is 0.374. The van der Waals surface area contributed by atoms with E-state index in [0.717, 1.165) is 0 Å². The molecular formula is C16H16ClN3O5. The third-order valence-electron chi connectivity index (χ3n) is 3.81. The number of rotatable bonds is 5. The molecule has 0 bridgehead atoms. The zero-order valence-corrected chi connectivity index (χ0v) is 14.4. The van der Waals surface area contributed by atoms with Gasteiger partial charge in [-0.2, -0.15) is 0 Å². The van der Waals surface area contributed by atoms with Gasteiger partial charge in [-0.05, 0) is 18.6 Å². The number of nitro groups is 1. The lowest BCUT2D eigenvalue weighted by atomic mass is 9.94. The molecule has 132 valence electrons. The lowest BCUT2D eigenvalue weighted by molar-refractivity contribution is -0.384. The molecule has 0 aromatic heterocycles. The number of methoxy groups -OCH3 is 1. The Morgan fingerprint density at radius 3 is 2.80 bits per heavy atom. The Kier molecular flexibility index (Phi) is 5.43. The van der Waals surface area contributed by atoms with Crippen LogP contribution in [0.15, 0.2) is 42.1 Å². The summed E-state index contributed by atoms with van der Waals surface area (Å²) in [5.74, 6) is -0.644. The number of nitrogens with one attached hydrogen (secondary N) is 1.